The number of amides is 1. The van der Waals surface area contributed by atoms with Crippen LogP contribution in [0.4, 0.5) is 9.18 Å². The van der Waals surface area contributed by atoms with Crippen LogP contribution in [-0.2, 0) is 15.1 Å². The van der Waals surface area contributed by atoms with Gasteiger partial charge in [-0.05, 0) is 51.3 Å². The van der Waals surface area contributed by atoms with Gasteiger partial charge in [0.05, 0.1) is 5.92 Å². The molecule has 0 aliphatic carbocycles. The van der Waals surface area contributed by atoms with Crippen LogP contribution < -0.4 is 0 Å². The lowest BCUT2D eigenvalue weighted by Gasteiger charge is -2.42. The van der Waals surface area contributed by atoms with Crippen molar-refractivity contribution in [2.75, 3.05) is 13.1 Å². The van der Waals surface area contributed by atoms with Crippen LogP contribution in [0.25, 0.3) is 0 Å². The van der Waals surface area contributed by atoms with Crippen molar-refractivity contribution in [2.24, 2.45) is 5.92 Å². The highest BCUT2D eigenvalue weighted by atomic mass is 19.1. The van der Waals surface area contributed by atoms with Gasteiger partial charge in [-0.25, -0.2) is 9.18 Å². The lowest BCUT2D eigenvalue weighted by atomic mass is 9.76. The molecule has 2 atom stereocenters. The highest BCUT2D eigenvalue weighted by Gasteiger charge is 2.45. The summed E-state index contributed by atoms with van der Waals surface area (Å²) in [4.78, 5) is 25.1. The molecule has 1 N–H and O–H groups in total. The average molecular weight is 337 g/mol. The molecule has 1 aliphatic heterocycles. The number of carbonyl (C=O) groups is 2. The number of aryl methyl sites for hydroxylation is 1. The fraction of sp³-hybridized carbons (Fsp3) is 0.556. The molecule has 2 rings (SSSR count). The second kappa shape index (κ2) is 6.51. The molecule has 1 aliphatic rings. The van der Waals surface area contributed by atoms with Gasteiger partial charge in [-0.1, -0.05) is 12.1 Å². The summed E-state index contributed by atoms with van der Waals surface area (Å²) in [7, 11) is 0. The Kier molecular flexibility index (Phi) is 4.99. The van der Waals surface area contributed by atoms with Gasteiger partial charge in [0.2, 0.25) is 0 Å². The number of benzene rings is 1. The number of carbonyl (C=O) groups excluding carboxylic acids is 2. The standard InChI is InChI=1S/C18H24FNO4/c1-12-5-6-13(9-15(12)19)18(23)7-8-20(10-14(18)11-21)16(22)24-17(2,3)4/h5-6,9,11,14,23H,7-8,10H2,1-4H3/t14-,18+/m1/s1. The predicted octanol–water partition coefficient (Wildman–Crippen LogP) is 2.78. The van der Waals surface area contributed by atoms with Gasteiger partial charge in [-0.15, -0.1) is 0 Å². The zero-order chi connectivity index (χ0) is 18.1. The summed E-state index contributed by atoms with van der Waals surface area (Å²) in [5.74, 6) is -1.28. The monoisotopic (exact) mass is 337 g/mol. The number of rotatable bonds is 2. The molecule has 1 fully saturated rings. The zero-order valence-electron chi connectivity index (χ0n) is 14.5. The van der Waals surface area contributed by atoms with E-state index in [0.717, 1.165) is 0 Å². The van der Waals surface area contributed by atoms with E-state index >= 15 is 0 Å². The van der Waals surface area contributed by atoms with Crippen molar-refractivity contribution >= 4 is 12.4 Å². The first kappa shape index (κ1) is 18.4. The lowest BCUT2D eigenvalue weighted by Crippen LogP contribution is -2.53. The van der Waals surface area contributed by atoms with Crippen LogP contribution in [0.2, 0.25) is 0 Å². The van der Waals surface area contributed by atoms with Crippen molar-refractivity contribution in [3.63, 3.8) is 0 Å². The van der Waals surface area contributed by atoms with Crippen LogP contribution in [0.3, 0.4) is 0 Å². The minimum Gasteiger partial charge on any atom is -0.444 e. The summed E-state index contributed by atoms with van der Waals surface area (Å²) >= 11 is 0. The molecule has 132 valence electrons. The maximum atomic E-state index is 13.8. The Bertz CT molecular complexity index is 640. The molecule has 0 bridgehead atoms. The number of hydrogen-bond acceptors (Lipinski definition) is 4. The van der Waals surface area contributed by atoms with Gasteiger partial charge >= 0.3 is 6.09 Å². The van der Waals surface area contributed by atoms with E-state index in [-0.39, 0.29) is 19.5 Å². The zero-order valence-corrected chi connectivity index (χ0v) is 14.5. The topological polar surface area (TPSA) is 66.8 Å². The average Bonchev–Trinajstić information content (AvgIpc) is 2.48. The number of aldehydes is 1. The summed E-state index contributed by atoms with van der Waals surface area (Å²) in [6, 6.07) is 4.46. The van der Waals surface area contributed by atoms with Gasteiger partial charge in [0, 0.05) is 13.1 Å². The Morgan fingerprint density at radius 2 is 2.12 bits per heavy atom. The Balaban J connectivity index is 2.22. The van der Waals surface area contributed by atoms with Gasteiger partial charge < -0.3 is 19.5 Å². The van der Waals surface area contributed by atoms with E-state index in [2.05, 4.69) is 0 Å². The second-order valence-corrected chi connectivity index (χ2v) is 7.31. The van der Waals surface area contributed by atoms with Crippen LogP contribution in [0.15, 0.2) is 18.2 Å². The number of ether oxygens (including phenoxy) is 1. The Hall–Kier alpha value is -1.95. The molecule has 24 heavy (non-hydrogen) atoms. The molecule has 0 spiro atoms. The number of aliphatic hydroxyl groups is 1. The third-order valence-corrected chi connectivity index (χ3v) is 4.28. The highest BCUT2D eigenvalue weighted by Crippen LogP contribution is 2.37. The van der Waals surface area contributed by atoms with Crippen molar-refractivity contribution < 1.29 is 23.8 Å². The minimum atomic E-state index is -1.49. The van der Waals surface area contributed by atoms with E-state index in [9.17, 15) is 19.1 Å². The third-order valence-electron chi connectivity index (χ3n) is 4.28. The number of hydrogen-bond donors (Lipinski definition) is 1. The summed E-state index contributed by atoms with van der Waals surface area (Å²) in [6.45, 7) is 7.17. The van der Waals surface area contributed by atoms with Crippen LogP contribution in [0.1, 0.15) is 38.3 Å². The SMILES string of the molecule is Cc1ccc([C@@]2(O)CCN(C(=O)OC(C)(C)C)C[C@@H]2C=O)cc1F. The molecule has 1 heterocycles. The quantitative estimate of drug-likeness (QED) is 0.843. The first-order chi connectivity index (χ1) is 11.1. The Labute approximate surface area is 141 Å². The number of halogens is 1. The third kappa shape index (κ3) is 3.75. The van der Waals surface area contributed by atoms with Crippen molar-refractivity contribution in [1.82, 2.24) is 4.90 Å². The van der Waals surface area contributed by atoms with Crippen LogP contribution in [0.5, 0.6) is 0 Å². The fourth-order valence-electron chi connectivity index (χ4n) is 2.84. The maximum absolute atomic E-state index is 13.8. The number of likely N-dealkylation sites (tertiary alicyclic amines) is 1. The van der Waals surface area contributed by atoms with Gasteiger partial charge in [0.25, 0.3) is 0 Å². The maximum Gasteiger partial charge on any atom is 0.410 e. The molecule has 0 aromatic heterocycles. The number of nitrogens with zero attached hydrogens (tertiary/aromatic N) is 1. The number of piperidine rings is 1. The van der Waals surface area contributed by atoms with Gasteiger partial charge in [0.15, 0.2) is 0 Å². The van der Waals surface area contributed by atoms with Crippen LogP contribution >= 0.6 is 0 Å². The molecule has 0 radical (unpaired) electrons. The van der Waals surface area contributed by atoms with Crippen LogP contribution in [-0.4, -0.2) is 41.1 Å². The van der Waals surface area contributed by atoms with Crippen LogP contribution in [0, 0.1) is 18.7 Å². The van der Waals surface area contributed by atoms with Crippen molar-refractivity contribution in [2.45, 2.75) is 45.3 Å². The molecule has 1 aromatic rings. The molecular formula is C18H24FNO4. The molecule has 1 amide bonds. The summed E-state index contributed by atoms with van der Waals surface area (Å²) in [6.07, 6.45) is 0.235. The van der Waals surface area contributed by atoms with E-state index in [1.165, 1.54) is 11.0 Å². The molecule has 0 unspecified atom stereocenters. The first-order valence-corrected chi connectivity index (χ1v) is 7.99. The summed E-state index contributed by atoms with van der Waals surface area (Å²) in [5.41, 5.74) is -1.31. The minimum absolute atomic E-state index is 0.0322. The molecule has 0 saturated carbocycles. The molecule has 1 aromatic carbocycles. The molecule has 1 saturated heterocycles. The Morgan fingerprint density at radius 1 is 1.46 bits per heavy atom. The van der Waals surface area contributed by atoms with E-state index < -0.39 is 29.0 Å². The van der Waals surface area contributed by atoms with E-state index in [1.54, 1.807) is 39.8 Å². The normalized spacial score (nSPS) is 24.6. The summed E-state index contributed by atoms with van der Waals surface area (Å²) < 4.78 is 19.2. The van der Waals surface area contributed by atoms with E-state index in [4.69, 9.17) is 4.74 Å². The fourth-order valence-corrected chi connectivity index (χ4v) is 2.84. The molecule has 6 heteroatoms. The largest absolute Gasteiger partial charge is 0.444 e. The van der Waals surface area contributed by atoms with Gasteiger partial charge in [-0.2, -0.15) is 0 Å². The van der Waals surface area contributed by atoms with Gasteiger partial charge in [-0.3, -0.25) is 0 Å². The molecular weight excluding hydrogens is 313 g/mol. The van der Waals surface area contributed by atoms with E-state index in [0.29, 0.717) is 17.4 Å². The lowest BCUT2D eigenvalue weighted by molar-refractivity contribution is -0.128. The highest BCUT2D eigenvalue weighted by molar-refractivity contribution is 5.70. The predicted molar refractivity (Wildman–Crippen MR) is 87.0 cm³/mol. The van der Waals surface area contributed by atoms with Gasteiger partial charge in [0.1, 0.15) is 23.3 Å². The van der Waals surface area contributed by atoms with E-state index in [1.807, 2.05) is 0 Å². The summed E-state index contributed by atoms with van der Waals surface area (Å²) in [5, 5.41) is 11.0. The first-order valence-electron chi connectivity index (χ1n) is 7.99. The second-order valence-electron chi connectivity index (χ2n) is 7.31. The van der Waals surface area contributed by atoms with Crippen molar-refractivity contribution in [3.8, 4) is 0 Å². The molecule has 5 nitrogen and oxygen atoms in total. The van der Waals surface area contributed by atoms with Crippen molar-refractivity contribution in [3.05, 3.63) is 35.1 Å². The Morgan fingerprint density at radius 3 is 2.67 bits per heavy atom. The van der Waals surface area contributed by atoms with Crippen molar-refractivity contribution in [1.29, 1.82) is 0 Å². The smallest absolute Gasteiger partial charge is 0.410 e.